The Kier molecular flexibility index (Phi) is 27.2. The molecule has 0 aliphatic heterocycles. The number of amides is 1. The predicted octanol–water partition coefficient (Wildman–Crippen LogP) is 7.65. The molecule has 0 fully saturated rings. The van der Waals surface area contributed by atoms with Crippen LogP contribution in [0.3, 0.4) is 0 Å². The molecule has 2 N–H and O–H groups in total. The topological polar surface area (TPSA) is 94.1 Å². The smallest absolute Gasteiger partial charge is 0.407 e. The van der Waals surface area contributed by atoms with Crippen molar-refractivity contribution in [2.24, 2.45) is 0 Å². The Labute approximate surface area is 221 Å². The van der Waals surface area contributed by atoms with Crippen molar-refractivity contribution in [2.45, 2.75) is 141 Å². The van der Waals surface area contributed by atoms with E-state index in [2.05, 4.69) is 12.2 Å². The Morgan fingerprint density at radius 1 is 0.694 bits per heavy atom. The summed E-state index contributed by atoms with van der Waals surface area (Å²) in [5, 5.41) is 11.3. The molecule has 214 valence electrons. The first-order valence-corrected chi connectivity index (χ1v) is 14.8. The second-order valence-electron chi connectivity index (χ2n) is 9.97. The van der Waals surface area contributed by atoms with E-state index in [1.165, 1.54) is 96.3 Å². The average Bonchev–Trinajstić information content (AvgIpc) is 2.87. The van der Waals surface area contributed by atoms with E-state index in [9.17, 15) is 9.59 Å². The number of alkyl carbamates (subject to hydrolysis) is 1. The molecule has 0 rings (SSSR count). The maximum absolute atomic E-state index is 11.7. The fourth-order valence-corrected chi connectivity index (χ4v) is 4.14. The van der Waals surface area contributed by atoms with E-state index in [4.69, 9.17) is 19.3 Å². The SMILES string of the molecule is CCCCCCCCCCCCCCCCCCOCC(COC(=O)NCCCCCC(=O)O)OC. The highest BCUT2D eigenvalue weighted by Crippen LogP contribution is 2.13. The lowest BCUT2D eigenvalue weighted by atomic mass is 10.0. The molecular formula is C29H57NO6. The Hall–Kier alpha value is -1.34. The number of carbonyl (C=O) groups excluding carboxylic acids is 1. The van der Waals surface area contributed by atoms with Crippen LogP contribution >= 0.6 is 0 Å². The van der Waals surface area contributed by atoms with Gasteiger partial charge in [0.05, 0.1) is 6.61 Å². The minimum absolute atomic E-state index is 0.153. The Balaban J connectivity index is 3.37. The number of carboxylic acids is 1. The van der Waals surface area contributed by atoms with E-state index in [0.717, 1.165) is 19.3 Å². The van der Waals surface area contributed by atoms with Gasteiger partial charge in [0.15, 0.2) is 0 Å². The number of hydrogen-bond donors (Lipinski definition) is 2. The summed E-state index contributed by atoms with van der Waals surface area (Å²) < 4.78 is 16.2. The van der Waals surface area contributed by atoms with Gasteiger partial charge < -0.3 is 24.6 Å². The zero-order chi connectivity index (χ0) is 26.5. The standard InChI is InChI=1S/C29H57NO6/c1-3-4-5-6-7-8-9-10-11-12-13-14-15-16-17-21-24-35-25-27(34-2)26-36-29(33)30-23-20-18-19-22-28(31)32/h27H,3-26H2,1-2H3,(H,30,33)(H,31,32). The first kappa shape index (κ1) is 34.7. The molecule has 0 aromatic heterocycles. The van der Waals surface area contributed by atoms with Crippen LogP contribution in [0.15, 0.2) is 0 Å². The summed E-state index contributed by atoms with van der Waals surface area (Å²) in [5.74, 6) is -0.787. The van der Waals surface area contributed by atoms with Crippen molar-refractivity contribution >= 4 is 12.1 Å². The molecule has 0 aromatic rings. The number of methoxy groups -OCH3 is 1. The molecule has 0 saturated carbocycles. The number of hydrogen-bond acceptors (Lipinski definition) is 5. The average molecular weight is 516 g/mol. The summed E-state index contributed by atoms with van der Waals surface area (Å²) in [5.41, 5.74) is 0. The minimum atomic E-state index is -0.787. The highest BCUT2D eigenvalue weighted by atomic mass is 16.6. The quantitative estimate of drug-likeness (QED) is 0.104. The van der Waals surface area contributed by atoms with Gasteiger partial charge in [-0.1, -0.05) is 110 Å². The van der Waals surface area contributed by atoms with Crippen molar-refractivity contribution in [3.63, 3.8) is 0 Å². The molecule has 1 unspecified atom stereocenters. The summed E-state index contributed by atoms with van der Waals surface area (Å²) in [4.78, 5) is 22.2. The van der Waals surface area contributed by atoms with Crippen LogP contribution in [0.4, 0.5) is 4.79 Å². The zero-order valence-electron chi connectivity index (χ0n) is 23.5. The van der Waals surface area contributed by atoms with Gasteiger partial charge in [-0.25, -0.2) is 4.79 Å². The Bertz CT molecular complexity index is 488. The third-order valence-corrected chi connectivity index (χ3v) is 6.52. The van der Waals surface area contributed by atoms with Crippen LogP contribution in [0.5, 0.6) is 0 Å². The van der Waals surface area contributed by atoms with Crippen molar-refractivity contribution in [3.05, 3.63) is 0 Å². The van der Waals surface area contributed by atoms with Gasteiger partial charge >= 0.3 is 12.1 Å². The monoisotopic (exact) mass is 515 g/mol. The lowest BCUT2D eigenvalue weighted by molar-refractivity contribution is -0.137. The normalized spacial score (nSPS) is 11.9. The van der Waals surface area contributed by atoms with Gasteiger partial charge in [-0.05, 0) is 19.3 Å². The molecule has 36 heavy (non-hydrogen) atoms. The molecule has 0 saturated heterocycles. The number of unbranched alkanes of at least 4 members (excludes halogenated alkanes) is 17. The number of aliphatic carboxylic acids is 1. The van der Waals surface area contributed by atoms with Gasteiger partial charge in [-0.2, -0.15) is 0 Å². The van der Waals surface area contributed by atoms with Crippen molar-refractivity contribution in [3.8, 4) is 0 Å². The second kappa shape index (κ2) is 28.2. The van der Waals surface area contributed by atoms with Crippen molar-refractivity contribution in [2.75, 3.05) is 33.5 Å². The minimum Gasteiger partial charge on any atom is -0.481 e. The summed E-state index contributed by atoms with van der Waals surface area (Å²) in [6.45, 7) is 4.03. The molecule has 0 bridgehead atoms. The number of carboxylic acid groups (broad SMARTS) is 1. The fraction of sp³-hybridized carbons (Fsp3) is 0.931. The maximum atomic E-state index is 11.7. The third kappa shape index (κ3) is 27.3. The molecule has 0 aliphatic carbocycles. The molecule has 1 atom stereocenters. The van der Waals surface area contributed by atoms with Gasteiger partial charge in [0.2, 0.25) is 0 Å². The number of nitrogens with one attached hydrogen (secondary N) is 1. The molecule has 0 aromatic carbocycles. The molecule has 7 heteroatoms. The zero-order valence-corrected chi connectivity index (χ0v) is 23.5. The van der Waals surface area contributed by atoms with Crippen LogP contribution < -0.4 is 5.32 Å². The number of carbonyl (C=O) groups is 2. The van der Waals surface area contributed by atoms with Crippen molar-refractivity contribution in [1.29, 1.82) is 0 Å². The molecule has 0 radical (unpaired) electrons. The number of ether oxygens (including phenoxy) is 3. The van der Waals surface area contributed by atoms with Gasteiger partial charge in [-0.15, -0.1) is 0 Å². The Morgan fingerprint density at radius 3 is 1.69 bits per heavy atom. The molecule has 7 nitrogen and oxygen atoms in total. The third-order valence-electron chi connectivity index (χ3n) is 6.52. The van der Waals surface area contributed by atoms with E-state index in [1.807, 2.05) is 0 Å². The maximum Gasteiger partial charge on any atom is 0.407 e. The van der Waals surface area contributed by atoms with Gasteiger partial charge in [-0.3, -0.25) is 4.79 Å². The number of rotatable bonds is 28. The van der Waals surface area contributed by atoms with Gasteiger partial charge in [0, 0.05) is 26.7 Å². The molecule has 0 spiro atoms. The van der Waals surface area contributed by atoms with Gasteiger partial charge in [0.1, 0.15) is 12.7 Å². The highest BCUT2D eigenvalue weighted by molar-refractivity contribution is 5.67. The van der Waals surface area contributed by atoms with E-state index in [0.29, 0.717) is 26.2 Å². The largest absolute Gasteiger partial charge is 0.481 e. The van der Waals surface area contributed by atoms with Crippen LogP contribution in [0.25, 0.3) is 0 Å². The first-order valence-electron chi connectivity index (χ1n) is 14.8. The van der Waals surface area contributed by atoms with E-state index >= 15 is 0 Å². The van der Waals surface area contributed by atoms with Crippen LogP contribution in [0.1, 0.15) is 135 Å². The van der Waals surface area contributed by atoms with Crippen LogP contribution in [0.2, 0.25) is 0 Å². The van der Waals surface area contributed by atoms with Gasteiger partial charge in [0.25, 0.3) is 0 Å². The summed E-state index contributed by atoms with van der Waals surface area (Å²) >= 11 is 0. The summed E-state index contributed by atoms with van der Waals surface area (Å²) in [7, 11) is 1.59. The summed E-state index contributed by atoms with van der Waals surface area (Å²) in [6.07, 6.45) is 23.2. The molecule has 0 heterocycles. The summed E-state index contributed by atoms with van der Waals surface area (Å²) in [6, 6.07) is 0. The Morgan fingerprint density at radius 2 is 1.19 bits per heavy atom. The molecule has 0 aliphatic rings. The van der Waals surface area contributed by atoms with Crippen LogP contribution in [-0.4, -0.2) is 56.7 Å². The van der Waals surface area contributed by atoms with E-state index in [1.54, 1.807) is 7.11 Å². The van der Waals surface area contributed by atoms with Crippen LogP contribution in [-0.2, 0) is 19.0 Å². The lowest BCUT2D eigenvalue weighted by Crippen LogP contribution is -2.31. The molecule has 1 amide bonds. The van der Waals surface area contributed by atoms with Crippen molar-refractivity contribution < 1.29 is 28.9 Å². The van der Waals surface area contributed by atoms with Crippen molar-refractivity contribution in [1.82, 2.24) is 5.32 Å². The fourth-order valence-electron chi connectivity index (χ4n) is 4.14. The predicted molar refractivity (Wildman–Crippen MR) is 147 cm³/mol. The highest BCUT2D eigenvalue weighted by Gasteiger charge is 2.11. The second-order valence-corrected chi connectivity index (χ2v) is 9.97. The molecular weight excluding hydrogens is 458 g/mol. The first-order chi connectivity index (χ1) is 17.6. The van der Waals surface area contributed by atoms with E-state index in [-0.39, 0.29) is 19.1 Å². The van der Waals surface area contributed by atoms with Crippen LogP contribution in [0, 0.1) is 0 Å². The lowest BCUT2D eigenvalue weighted by Gasteiger charge is -2.16. The van der Waals surface area contributed by atoms with E-state index < -0.39 is 12.1 Å².